The van der Waals surface area contributed by atoms with Crippen LogP contribution in [0.4, 0.5) is 5.69 Å². The lowest BCUT2D eigenvalue weighted by Crippen LogP contribution is -2.27. The molecule has 17 heavy (non-hydrogen) atoms. The van der Waals surface area contributed by atoms with E-state index in [2.05, 4.69) is 19.2 Å². The molecule has 1 aromatic carbocycles. The number of nitrogens with one attached hydrogen (secondary N) is 1. The molecule has 0 aromatic heterocycles. The second kappa shape index (κ2) is 6.40. The largest absolute Gasteiger partial charge is 0.385 e. The minimum absolute atomic E-state index is 0.0906. The highest BCUT2D eigenvalue weighted by Crippen LogP contribution is 2.14. The quantitative estimate of drug-likeness (QED) is 0.744. The van der Waals surface area contributed by atoms with Crippen LogP contribution in [0.15, 0.2) is 24.3 Å². The fourth-order valence-electron chi connectivity index (χ4n) is 1.69. The van der Waals surface area contributed by atoms with Gasteiger partial charge >= 0.3 is 0 Å². The third-order valence-corrected chi connectivity index (χ3v) is 3.08. The average Bonchev–Trinajstić information content (AvgIpc) is 2.29. The minimum Gasteiger partial charge on any atom is -0.385 e. The number of ketones is 1. The Morgan fingerprint density at radius 3 is 2.65 bits per heavy atom. The molecule has 0 radical (unpaired) electrons. The van der Waals surface area contributed by atoms with Gasteiger partial charge in [-0.2, -0.15) is 0 Å². The summed E-state index contributed by atoms with van der Waals surface area (Å²) in [6.07, 6.45) is 0. The highest BCUT2D eigenvalue weighted by Gasteiger charge is 2.11. The molecule has 0 aliphatic heterocycles. The van der Waals surface area contributed by atoms with Crippen LogP contribution in [0.5, 0.6) is 0 Å². The Balaban J connectivity index is 2.62. The second-order valence-corrected chi connectivity index (χ2v) is 4.76. The van der Waals surface area contributed by atoms with Crippen molar-refractivity contribution in [2.75, 3.05) is 18.4 Å². The molecule has 94 valence electrons. The molecule has 3 nitrogen and oxygen atoms in total. The molecule has 1 rings (SSSR count). The number of hydrogen-bond acceptors (Lipinski definition) is 3. The van der Waals surface area contributed by atoms with Crippen LogP contribution >= 0.6 is 0 Å². The van der Waals surface area contributed by atoms with Crippen LogP contribution in [0, 0.1) is 11.8 Å². The van der Waals surface area contributed by atoms with Gasteiger partial charge in [-0.05, 0) is 37.4 Å². The molecule has 0 saturated carbocycles. The lowest BCUT2D eigenvalue weighted by atomic mass is 9.96. The number of carbonyl (C=O) groups excluding carboxylic acids is 1. The molecule has 1 unspecified atom stereocenters. The van der Waals surface area contributed by atoms with Crippen molar-refractivity contribution in [2.45, 2.75) is 20.8 Å². The average molecular weight is 234 g/mol. The Morgan fingerprint density at radius 1 is 1.41 bits per heavy atom. The predicted octanol–water partition coefficient (Wildman–Crippen LogP) is 2.53. The van der Waals surface area contributed by atoms with Crippen LogP contribution in [0.3, 0.4) is 0 Å². The first kappa shape index (κ1) is 13.7. The Kier molecular flexibility index (Phi) is 5.16. The van der Waals surface area contributed by atoms with Gasteiger partial charge in [0.2, 0.25) is 0 Å². The first-order valence-corrected chi connectivity index (χ1v) is 6.09. The number of Topliss-reactive ketones (excluding diaryl/α,β-unsaturated/α-hetero) is 1. The third kappa shape index (κ3) is 4.19. The maximum Gasteiger partial charge on any atom is 0.159 e. The topological polar surface area (TPSA) is 55.1 Å². The number of hydrogen-bond donors (Lipinski definition) is 2. The summed E-state index contributed by atoms with van der Waals surface area (Å²) in [4.78, 5) is 11.3. The number of nitrogens with two attached hydrogens (primary N) is 1. The van der Waals surface area contributed by atoms with Gasteiger partial charge in [-0.25, -0.2) is 0 Å². The molecule has 3 heteroatoms. The standard InChI is InChI=1S/C14H22N2O/c1-10(2)13(8-15)9-16-14-6-4-5-12(7-14)11(3)17/h4-7,10,13,16H,8-9,15H2,1-3H3. The smallest absolute Gasteiger partial charge is 0.159 e. The Labute approximate surface area is 103 Å². The van der Waals surface area contributed by atoms with Crippen molar-refractivity contribution in [3.8, 4) is 0 Å². The molecule has 3 N–H and O–H groups in total. The molecule has 1 aromatic rings. The van der Waals surface area contributed by atoms with Gasteiger partial charge in [-0.15, -0.1) is 0 Å². The number of carbonyl (C=O) groups is 1. The monoisotopic (exact) mass is 234 g/mol. The van der Waals surface area contributed by atoms with E-state index in [0.717, 1.165) is 17.8 Å². The summed E-state index contributed by atoms with van der Waals surface area (Å²) in [6.45, 7) is 7.44. The van der Waals surface area contributed by atoms with Gasteiger partial charge in [0.15, 0.2) is 5.78 Å². The molecule has 0 heterocycles. The molecular weight excluding hydrogens is 212 g/mol. The SMILES string of the molecule is CC(=O)c1cccc(NCC(CN)C(C)C)c1. The highest BCUT2D eigenvalue weighted by atomic mass is 16.1. The van der Waals surface area contributed by atoms with E-state index in [1.165, 1.54) is 0 Å². The van der Waals surface area contributed by atoms with Crippen LogP contribution in [0.2, 0.25) is 0 Å². The van der Waals surface area contributed by atoms with E-state index < -0.39 is 0 Å². The molecule has 0 bridgehead atoms. The molecule has 0 fully saturated rings. The number of benzene rings is 1. The van der Waals surface area contributed by atoms with Crippen molar-refractivity contribution in [1.29, 1.82) is 0 Å². The van der Waals surface area contributed by atoms with Gasteiger partial charge in [0.1, 0.15) is 0 Å². The van der Waals surface area contributed by atoms with E-state index in [0.29, 0.717) is 18.4 Å². The zero-order chi connectivity index (χ0) is 12.8. The van der Waals surface area contributed by atoms with E-state index >= 15 is 0 Å². The predicted molar refractivity (Wildman–Crippen MR) is 72.3 cm³/mol. The second-order valence-electron chi connectivity index (χ2n) is 4.76. The molecule has 0 aliphatic carbocycles. The Bertz CT molecular complexity index is 374. The Morgan fingerprint density at radius 2 is 2.12 bits per heavy atom. The number of rotatable bonds is 6. The van der Waals surface area contributed by atoms with E-state index in [-0.39, 0.29) is 5.78 Å². The normalized spacial score (nSPS) is 12.5. The summed E-state index contributed by atoms with van der Waals surface area (Å²) in [6, 6.07) is 7.58. The summed E-state index contributed by atoms with van der Waals surface area (Å²) >= 11 is 0. The fourth-order valence-corrected chi connectivity index (χ4v) is 1.69. The van der Waals surface area contributed by atoms with Crippen LogP contribution in [-0.4, -0.2) is 18.9 Å². The van der Waals surface area contributed by atoms with Crippen molar-refractivity contribution >= 4 is 11.5 Å². The van der Waals surface area contributed by atoms with Gasteiger partial charge < -0.3 is 11.1 Å². The lowest BCUT2D eigenvalue weighted by Gasteiger charge is -2.20. The maximum atomic E-state index is 11.3. The van der Waals surface area contributed by atoms with Crippen molar-refractivity contribution in [2.24, 2.45) is 17.6 Å². The zero-order valence-electron chi connectivity index (χ0n) is 10.9. The summed E-state index contributed by atoms with van der Waals surface area (Å²) in [5.74, 6) is 1.10. The van der Waals surface area contributed by atoms with E-state index in [1.54, 1.807) is 6.92 Å². The first-order chi connectivity index (χ1) is 8.04. The molecule has 0 saturated heterocycles. The zero-order valence-corrected chi connectivity index (χ0v) is 10.9. The van der Waals surface area contributed by atoms with Crippen LogP contribution in [0.1, 0.15) is 31.1 Å². The van der Waals surface area contributed by atoms with E-state index in [9.17, 15) is 4.79 Å². The number of anilines is 1. The van der Waals surface area contributed by atoms with Gasteiger partial charge in [-0.1, -0.05) is 26.0 Å². The van der Waals surface area contributed by atoms with Crippen molar-refractivity contribution in [3.63, 3.8) is 0 Å². The van der Waals surface area contributed by atoms with Crippen LogP contribution in [-0.2, 0) is 0 Å². The molecule has 0 aliphatic rings. The molecular formula is C14H22N2O. The van der Waals surface area contributed by atoms with Crippen LogP contribution < -0.4 is 11.1 Å². The van der Waals surface area contributed by atoms with Gasteiger partial charge in [0, 0.05) is 17.8 Å². The highest BCUT2D eigenvalue weighted by molar-refractivity contribution is 5.94. The van der Waals surface area contributed by atoms with E-state index in [4.69, 9.17) is 5.73 Å². The van der Waals surface area contributed by atoms with Crippen molar-refractivity contribution in [1.82, 2.24) is 0 Å². The van der Waals surface area contributed by atoms with Crippen molar-refractivity contribution in [3.05, 3.63) is 29.8 Å². The van der Waals surface area contributed by atoms with Gasteiger partial charge in [-0.3, -0.25) is 4.79 Å². The van der Waals surface area contributed by atoms with Crippen molar-refractivity contribution < 1.29 is 4.79 Å². The molecule has 0 spiro atoms. The van der Waals surface area contributed by atoms with E-state index in [1.807, 2.05) is 24.3 Å². The fraction of sp³-hybridized carbons (Fsp3) is 0.500. The third-order valence-electron chi connectivity index (χ3n) is 3.08. The molecule has 0 amide bonds. The van der Waals surface area contributed by atoms with Gasteiger partial charge in [0.25, 0.3) is 0 Å². The minimum atomic E-state index is 0.0906. The summed E-state index contributed by atoms with van der Waals surface area (Å²) in [5, 5.41) is 3.34. The summed E-state index contributed by atoms with van der Waals surface area (Å²) < 4.78 is 0. The Hall–Kier alpha value is -1.35. The maximum absolute atomic E-state index is 11.3. The first-order valence-electron chi connectivity index (χ1n) is 6.09. The summed E-state index contributed by atoms with van der Waals surface area (Å²) in [7, 11) is 0. The van der Waals surface area contributed by atoms with Crippen LogP contribution in [0.25, 0.3) is 0 Å². The van der Waals surface area contributed by atoms with Gasteiger partial charge in [0.05, 0.1) is 0 Å². The molecule has 1 atom stereocenters. The lowest BCUT2D eigenvalue weighted by molar-refractivity contribution is 0.101. The summed E-state index contributed by atoms with van der Waals surface area (Å²) in [5.41, 5.74) is 7.44.